The molecule has 1 amide bonds. The summed E-state index contributed by atoms with van der Waals surface area (Å²) in [6.07, 6.45) is 1.49. The Morgan fingerprint density at radius 2 is 2.20 bits per heavy atom. The van der Waals surface area contributed by atoms with Crippen LogP contribution in [0.2, 0.25) is 5.02 Å². The fraction of sp³-hybridized carbons (Fsp3) is 0.278. The van der Waals surface area contributed by atoms with E-state index in [1.54, 1.807) is 24.3 Å². The van der Waals surface area contributed by atoms with Crippen molar-refractivity contribution in [1.29, 1.82) is 0 Å². The lowest BCUT2D eigenvalue weighted by Gasteiger charge is -2.37. The van der Waals surface area contributed by atoms with E-state index < -0.39 is 0 Å². The van der Waals surface area contributed by atoms with Crippen LogP contribution in [0.25, 0.3) is 11.0 Å². The molecule has 0 aliphatic carbocycles. The molecule has 2 atom stereocenters. The number of pyridine rings is 1. The minimum absolute atomic E-state index is 0.119. The summed E-state index contributed by atoms with van der Waals surface area (Å²) < 4.78 is 5.55. The molecule has 3 heterocycles. The van der Waals surface area contributed by atoms with Crippen LogP contribution in [-0.2, 0) is 4.74 Å². The molecular weight excluding hydrogens is 340 g/mol. The molecule has 7 heteroatoms. The molecule has 4 rings (SSSR count). The minimum atomic E-state index is -0.260. The summed E-state index contributed by atoms with van der Waals surface area (Å²) in [7, 11) is 1.63. The Hall–Kier alpha value is -2.44. The van der Waals surface area contributed by atoms with Crippen LogP contribution in [0.4, 0.5) is 0 Å². The molecule has 1 aliphatic heterocycles. The van der Waals surface area contributed by atoms with Gasteiger partial charge in [-0.05, 0) is 30.7 Å². The zero-order valence-corrected chi connectivity index (χ0v) is 14.6. The standard InChI is InChI=1S/C18H17ClN4O2/c1-10-11-5-4-8-20-15(11)14(25-2)9-23(10)18(24)17-21-13-7-3-6-12(19)16(13)22-17/h3-8,10,14H,9H2,1-2H3,(H,21,22)/t10-,14+/m0/s1. The maximum absolute atomic E-state index is 13.1. The van der Waals surface area contributed by atoms with E-state index in [0.29, 0.717) is 17.1 Å². The van der Waals surface area contributed by atoms with Crippen LogP contribution in [0.5, 0.6) is 0 Å². The third-order valence-corrected chi connectivity index (χ3v) is 4.97. The number of ether oxygens (including phenoxy) is 1. The van der Waals surface area contributed by atoms with E-state index in [9.17, 15) is 4.79 Å². The number of carbonyl (C=O) groups is 1. The molecule has 3 aromatic rings. The Kier molecular flexibility index (Phi) is 3.94. The Morgan fingerprint density at radius 1 is 1.36 bits per heavy atom. The number of H-pyrrole nitrogens is 1. The number of aromatic nitrogens is 3. The second kappa shape index (κ2) is 6.13. The first-order valence-corrected chi connectivity index (χ1v) is 8.40. The van der Waals surface area contributed by atoms with Crippen molar-refractivity contribution in [2.45, 2.75) is 19.1 Å². The molecule has 6 nitrogen and oxygen atoms in total. The zero-order chi connectivity index (χ0) is 17.6. The SMILES string of the molecule is CO[C@@H]1CN(C(=O)c2nc3c(Cl)cccc3[nH]2)[C@@H](C)c2cccnc21. The summed E-state index contributed by atoms with van der Waals surface area (Å²) in [6.45, 7) is 2.41. The van der Waals surface area contributed by atoms with Crippen LogP contribution in [0, 0.1) is 0 Å². The number of nitrogens with zero attached hydrogens (tertiary/aromatic N) is 3. The number of amides is 1. The molecule has 0 radical (unpaired) electrons. The molecule has 0 spiro atoms. The fourth-order valence-electron chi connectivity index (χ4n) is 3.32. The second-order valence-electron chi connectivity index (χ2n) is 6.06. The van der Waals surface area contributed by atoms with Crippen molar-refractivity contribution in [3.05, 3.63) is 58.6 Å². The number of hydrogen-bond acceptors (Lipinski definition) is 4. The van der Waals surface area contributed by atoms with Gasteiger partial charge in [-0.25, -0.2) is 4.98 Å². The lowest BCUT2D eigenvalue weighted by Crippen LogP contribution is -2.42. The first kappa shape index (κ1) is 16.1. The molecule has 1 aliphatic rings. The van der Waals surface area contributed by atoms with Crippen molar-refractivity contribution in [3.63, 3.8) is 0 Å². The van der Waals surface area contributed by atoms with Crippen LogP contribution in [-0.4, -0.2) is 39.4 Å². The lowest BCUT2D eigenvalue weighted by molar-refractivity contribution is 0.0253. The molecule has 1 N–H and O–H groups in total. The highest BCUT2D eigenvalue weighted by atomic mass is 35.5. The number of para-hydroxylation sites is 1. The van der Waals surface area contributed by atoms with Crippen molar-refractivity contribution in [2.75, 3.05) is 13.7 Å². The minimum Gasteiger partial charge on any atom is -0.373 e. The van der Waals surface area contributed by atoms with Gasteiger partial charge in [-0.1, -0.05) is 23.7 Å². The van der Waals surface area contributed by atoms with Crippen LogP contribution < -0.4 is 0 Å². The molecule has 0 saturated heterocycles. The van der Waals surface area contributed by atoms with Gasteiger partial charge >= 0.3 is 0 Å². The third-order valence-electron chi connectivity index (χ3n) is 4.67. The van der Waals surface area contributed by atoms with Crippen molar-refractivity contribution in [1.82, 2.24) is 19.9 Å². The molecule has 0 bridgehead atoms. The van der Waals surface area contributed by atoms with E-state index >= 15 is 0 Å². The number of nitrogens with one attached hydrogen (secondary N) is 1. The van der Waals surface area contributed by atoms with Crippen molar-refractivity contribution >= 4 is 28.5 Å². The quantitative estimate of drug-likeness (QED) is 0.762. The van der Waals surface area contributed by atoms with E-state index in [0.717, 1.165) is 16.8 Å². The van der Waals surface area contributed by atoms with Crippen molar-refractivity contribution in [3.8, 4) is 0 Å². The molecule has 0 saturated carbocycles. The van der Waals surface area contributed by atoms with Gasteiger partial charge in [0.25, 0.3) is 5.91 Å². The Balaban J connectivity index is 1.73. The highest BCUT2D eigenvalue weighted by molar-refractivity contribution is 6.35. The van der Waals surface area contributed by atoms with Gasteiger partial charge < -0.3 is 14.6 Å². The topological polar surface area (TPSA) is 71.1 Å². The predicted molar refractivity (Wildman–Crippen MR) is 94.5 cm³/mol. The maximum Gasteiger partial charge on any atom is 0.290 e. The van der Waals surface area contributed by atoms with Gasteiger partial charge in [0, 0.05) is 13.3 Å². The zero-order valence-electron chi connectivity index (χ0n) is 13.9. The molecule has 0 unspecified atom stereocenters. The third kappa shape index (κ3) is 2.58. The maximum atomic E-state index is 13.1. The number of rotatable bonds is 2. The van der Waals surface area contributed by atoms with Gasteiger partial charge in [-0.3, -0.25) is 9.78 Å². The number of halogens is 1. The Labute approximate surface area is 149 Å². The van der Waals surface area contributed by atoms with Gasteiger partial charge in [0.05, 0.1) is 28.8 Å². The Morgan fingerprint density at radius 3 is 2.96 bits per heavy atom. The van der Waals surface area contributed by atoms with Crippen LogP contribution in [0.3, 0.4) is 0 Å². The summed E-state index contributed by atoms with van der Waals surface area (Å²) in [6, 6.07) is 9.16. The molecular formula is C18H17ClN4O2. The first-order valence-electron chi connectivity index (χ1n) is 8.03. The van der Waals surface area contributed by atoms with Crippen molar-refractivity contribution in [2.24, 2.45) is 0 Å². The van der Waals surface area contributed by atoms with Crippen LogP contribution in [0.1, 0.15) is 40.9 Å². The number of imidazole rings is 1. The second-order valence-corrected chi connectivity index (χ2v) is 6.46. The fourth-order valence-corrected chi connectivity index (χ4v) is 3.54. The monoisotopic (exact) mass is 356 g/mol. The number of benzene rings is 1. The smallest absolute Gasteiger partial charge is 0.290 e. The summed E-state index contributed by atoms with van der Waals surface area (Å²) in [5.74, 6) is 0.0912. The summed E-state index contributed by atoms with van der Waals surface area (Å²) in [5.41, 5.74) is 3.21. The van der Waals surface area contributed by atoms with Gasteiger partial charge in [0.15, 0.2) is 5.82 Å². The van der Waals surface area contributed by atoms with Gasteiger partial charge in [-0.15, -0.1) is 0 Å². The predicted octanol–water partition coefficient (Wildman–Crippen LogP) is 3.52. The lowest BCUT2D eigenvalue weighted by atomic mass is 9.96. The molecule has 1 aromatic carbocycles. The van der Waals surface area contributed by atoms with Gasteiger partial charge in [-0.2, -0.15) is 0 Å². The molecule has 128 valence electrons. The number of aromatic amines is 1. The molecule has 0 fully saturated rings. The summed E-state index contributed by atoms with van der Waals surface area (Å²) >= 11 is 6.17. The highest BCUT2D eigenvalue weighted by Gasteiger charge is 2.35. The van der Waals surface area contributed by atoms with Gasteiger partial charge in [0.2, 0.25) is 0 Å². The highest BCUT2D eigenvalue weighted by Crippen LogP contribution is 2.35. The van der Waals surface area contributed by atoms with E-state index in [-0.39, 0.29) is 23.9 Å². The van der Waals surface area contributed by atoms with Crippen LogP contribution >= 0.6 is 11.6 Å². The number of fused-ring (bicyclic) bond motifs is 2. The van der Waals surface area contributed by atoms with E-state index in [2.05, 4.69) is 15.0 Å². The largest absolute Gasteiger partial charge is 0.373 e. The first-order chi connectivity index (χ1) is 12.1. The van der Waals surface area contributed by atoms with E-state index in [4.69, 9.17) is 16.3 Å². The Bertz CT molecular complexity index is 955. The van der Waals surface area contributed by atoms with Gasteiger partial charge in [0.1, 0.15) is 11.6 Å². The molecule has 2 aromatic heterocycles. The summed E-state index contributed by atoms with van der Waals surface area (Å²) in [5, 5.41) is 0.517. The summed E-state index contributed by atoms with van der Waals surface area (Å²) in [4.78, 5) is 26.7. The normalized spacial score (nSPS) is 19.9. The number of carbonyl (C=O) groups excluding carboxylic acids is 1. The van der Waals surface area contributed by atoms with E-state index in [1.165, 1.54) is 0 Å². The molecule has 25 heavy (non-hydrogen) atoms. The number of methoxy groups -OCH3 is 1. The van der Waals surface area contributed by atoms with E-state index in [1.807, 2.05) is 31.2 Å². The average molecular weight is 357 g/mol. The average Bonchev–Trinajstić information content (AvgIpc) is 3.07. The number of hydrogen-bond donors (Lipinski definition) is 1. The van der Waals surface area contributed by atoms with Crippen molar-refractivity contribution < 1.29 is 9.53 Å². The van der Waals surface area contributed by atoms with Crippen LogP contribution in [0.15, 0.2) is 36.5 Å².